The molecule has 0 atom stereocenters. The van der Waals surface area contributed by atoms with Gasteiger partial charge in [0.2, 0.25) is 0 Å². The predicted molar refractivity (Wildman–Crippen MR) is 581 cm³/mol. The van der Waals surface area contributed by atoms with Crippen molar-refractivity contribution in [3.63, 3.8) is 0 Å². The first kappa shape index (κ1) is 79.2. The smallest absolute Gasteiger partial charge is 0.170 e. The molecule has 4 aliphatic rings. The fraction of sp³-hybridized carbons (Fsp3) is 0. The van der Waals surface area contributed by atoms with E-state index in [4.69, 9.17) is 9.97 Å². The standard InChI is InChI=1S/C36H22S.C35H21NS.C29H17NS.C28H16N2S/c1-2-11-23(12-3-1)24-14-10-15-26(21-24)35-33-31-20-9-8-18-29(31)28-17-6-7-19-30(28)32-22-25-13-4-5-16-27(25)36(37-35)34(32)33;1-2-11-22(12-3-1)30-19-10-20-31(36-30)35-32-28-18-9-8-16-26(28)25-15-6-7-17-27(25)29-21-23-13-4-5-14-24(23)34(37-35)33(29)32;1-2-10-19-18(9-1)17-24-22-13-4-3-11-20(22)21-12-5-6-14-23(21)26-27(24)28(19)31-29(26)25-15-7-8-16-30-25;1-2-9-18-17(8-1)16-23-21-12-4-3-10-19(21)20-11-5-6-13-22(20)24-25(23)26(18)31-27(24)28-29-14-7-15-30-28/h1-22H;1-21H;1-17H;1-16H. The van der Waals surface area contributed by atoms with E-state index < -0.39 is 0 Å². The van der Waals surface area contributed by atoms with Crippen LogP contribution in [0.3, 0.4) is 0 Å². The molecule has 7 heterocycles. The van der Waals surface area contributed by atoms with Gasteiger partial charge in [0.15, 0.2) is 5.82 Å². The molecule has 0 unspecified atom stereocenters. The minimum absolute atomic E-state index is 0.787. The first-order valence-corrected chi connectivity index (χ1v) is 49.4. The Balaban J connectivity index is 0.0000000922. The van der Waals surface area contributed by atoms with Crippen LogP contribution in [0.4, 0.5) is 0 Å². The van der Waals surface area contributed by atoms with Gasteiger partial charge in [-0.3, -0.25) is 4.98 Å². The number of pyridine rings is 2. The van der Waals surface area contributed by atoms with Crippen LogP contribution in [0.15, 0.2) is 461 Å². The monoisotopic (exact) mass is 1800 g/mol. The van der Waals surface area contributed by atoms with Crippen LogP contribution in [0.5, 0.6) is 0 Å². The minimum Gasteiger partial charge on any atom is -0.255 e. The van der Waals surface area contributed by atoms with Crippen molar-refractivity contribution in [1.29, 1.82) is 0 Å². The summed E-state index contributed by atoms with van der Waals surface area (Å²) in [4.78, 5) is 24.2. The van der Waals surface area contributed by atoms with Crippen molar-refractivity contribution < 1.29 is 0 Å². The summed E-state index contributed by atoms with van der Waals surface area (Å²) >= 11 is 7.49. The van der Waals surface area contributed by atoms with E-state index in [-0.39, 0.29) is 0 Å². The Bertz CT molecular complexity index is 8830. The summed E-state index contributed by atoms with van der Waals surface area (Å²) < 4.78 is 5.35. The highest BCUT2D eigenvalue weighted by Gasteiger charge is 2.34. The van der Waals surface area contributed by atoms with Gasteiger partial charge in [0.05, 0.1) is 31.7 Å². The largest absolute Gasteiger partial charge is 0.255 e. The number of thiophene rings is 4. The molecule has 136 heavy (non-hydrogen) atoms. The van der Waals surface area contributed by atoms with Crippen LogP contribution in [0.25, 0.3) is 282 Å². The molecule has 632 valence electrons. The van der Waals surface area contributed by atoms with Gasteiger partial charge in [-0.05, 0) is 232 Å². The lowest BCUT2D eigenvalue weighted by molar-refractivity contribution is 1.19. The van der Waals surface area contributed by atoms with Gasteiger partial charge in [0.25, 0.3) is 0 Å². The van der Waals surface area contributed by atoms with E-state index >= 15 is 0 Å². The summed E-state index contributed by atoms with van der Waals surface area (Å²) in [6.07, 6.45) is 5.55. The van der Waals surface area contributed by atoms with Crippen LogP contribution in [0.2, 0.25) is 0 Å². The second-order valence-electron chi connectivity index (χ2n) is 35.0. The highest BCUT2D eigenvalue weighted by Crippen LogP contribution is 2.62. The lowest BCUT2D eigenvalue weighted by Crippen LogP contribution is -1.89. The second kappa shape index (κ2) is 32.7. The van der Waals surface area contributed by atoms with Crippen molar-refractivity contribution in [2.75, 3.05) is 0 Å². The lowest BCUT2D eigenvalue weighted by atomic mass is 9.92. The van der Waals surface area contributed by atoms with Crippen molar-refractivity contribution >= 4 is 129 Å². The molecule has 0 aliphatic heterocycles. The van der Waals surface area contributed by atoms with Crippen LogP contribution < -0.4 is 0 Å². The van der Waals surface area contributed by atoms with Crippen LogP contribution >= 0.6 is 45.3 Å². The fourth-order valence-electron chi connectivity index (χ4n) is 21.6. The third-order valence-electron chi connectivity index (χ3n) is 27.5. The van der Waals surface area contributed by atoms with Gasteiger partial charge < -0.3 is 0 Å². The van der Waals surface area contributed by atoms with E-state index in [9.17, 15) is 0 Å². The van der Waals surface area contributed by atoms with E-state index in [2.05, 4.69) is 435 Å². The van der Waals surface area contributed by atoms with Gasteiger partial charge >= 0.3 is 0 Å². The Hall–Kier alpha value is -16.6. The maximum absolute atomic E-state index is 5.21. The van der Waals surface area contributed by atoms with Crippen molar-refractivity contribution in [2.45, 2.75) is 0 Å². The Morgan fingerprint density at radius 1 is 0.154 bits per heavy atom. The first-order chi connectivity index (χ1) is 67.5. The maximum Gasteiger partial charge on any atom is 0.170 e. The molecule has 4 aliphatic carbocycles. The van der Waals surface area contributed by atoms with Crippen LogP contribution in [0, 0.1) is 0 Å². The number of fused-ring (bicyclic) bond motifs is 28. The number of rotatable bonds is 6. The van der Waals surface area contributed by atoms with Crippen molar-refractivity contribution in [3.05, 3.63) is 461 Å². The molecule has 0 saturated heterocycles. The fourth-order valence-corrected chi connectivity index (χ4v) is 27.0. The van der Waals surface area contributed by atoms with E-state index in [0.717, 1.165) is 33.3 Å². The normalized spacial score (nSPS) is 11.8. The Morgan fingerprint density at radius 3 is 0.809 bits per heavy atom. The molecule has 26 aromatic rings. The van der Waals surface area contributed by atoms with Crippen LogP contribution in [0.1, 0.15) is 0 Å². The molecule has 0 amide bonds. The second-order valence-corrected chi connectivity index (χ2v) is 39.1. The van der Waals surface area contributed by atoms with Gasteiger partial charge in [-0.2, -0.15) is 0 Å². The summed E-state index contributed by atoms with van der Waals surface area (Å²) in [7, 11) is 0. The molecule has 0 fully saturated rings. The van der Waals surface area contributed by atoms with Crippen molar-refractivity contribution in [2.24, 2.45) is 0 Å². The van der Waals surface area contributed by atoms with E-state index in [0.29, 0.717) is 0 Å². The first-order valence-electron chi connectivity index (χ1n) is 46.1. The highest BCUT2D eigenvalue weighted by atomic mass is 32.1. The summed E-state index contributed by atoms with van der Waals surface area (Å²) in [5.74, 6) is 0.787. The molecule has 0 radical (unpaired) electrons. The molecule has 30 rings (SSSR count). The summed E-state index contributed by atoms with van der Waals surface area (Å²) in [6.45, 7) is 0. The Kier molecular flexibility index (Phi) is 19.1. The van der Waals surface area contributed by atoms with Crippen LogP contribution in [-0.2, 0) is 0 Å². The molecule has 7 aromatic heterocycles. The lowest BCUT2D eigenvalue weighted by Gasteiger charge is -2.12. The molecule has 0 spiro atoms. The Morgan fingerprint density at radius 2 is 0.419 bits per heavy atom. The molecule has 4 nitrogen and oxygen atoms in total. The predicted octanol–water partition coefficient (Wildman–Crippen LogP) is 37.1. The summed E-state index contributed by atoms with van der Waals surface area (Å²) in [5, 5.41) is 15.7. The average molecular weight is 1800 g/mol. The summed E-state index contributed by atoms with van der Waals surface area (Å²) in [6, 6.07) is 160. The average Bonchev–Trinajstić information content (AvgIpc) is 1.57. The number of hydrogen-bond acceptors (Lipinski definition) is 8. The van der Waals surface area contributed by atoms with E-state index in [1.165, 1.54) is 248 Å². The zero-order chi connectivity index (χ0) is 89.4. The molecule has 8 heteroatoms. The van der Waals surface area contributed by atoms with Gasteiger partial charge in [-0.15, -0.1) is 45.3 Å². The number of benzene rings is 19. The van der Waals surface area contributed by atoms with Crippen molar-refractivity contribution in [3.8, 4) is 198 Å². The molecule has 0 bridgehead atoms. The number of hydrogen-bond donors (Lipinski definition) is 0. The third-order valence-corrected chi connectivity index (χ3v) is 32.5. The third kappa shape index (κ3) is 12.9. The SMILES string of the molecule is c1ccc(-c2cccc(-c3sc4c5c(cc6ccccc64)-c4ccccc4-c4ccccc4-c35)c2)cc1.c1ccc(-c2cccc(-c3sc4c5c(cc6ccccc64)-c4ccccc4-c4ccccc4-c35)n2)cc1.c1ccc(-c2sc3c4c(cc5ccccc53)-c3ccccc3-c3ccccc3-c24)nc1.c1cnc(-c2sc3c4c(cc5ccccc53)-c3ccccc3-c3ccccc3-c24)nc1. The topological polar surface area (TPSA) is 51.6 Å². The minimum atomic E-state index is 0.787. The van der Waals surface area contributed by atoms with Crippen molar-refractivity contribution in [1.82, 2.24) is 19.9 Å². The number of aromatic nitrogens is 4. The zero-order valence-electron chi connectivity index (χ0n) is 73.3. The van der Waals surface area contributed by atoms with Gasteiger partial charge in [0, 0.05) is 91.6 Å². The van der Waals surface area contributed by atoms with Gasteiger partial charge in [-0.25, -0.2) is 15.0 Å². The highest BCUT2D eigenvalue weighted by molar-refractivity contribution is 7.25. The zero-order valence-corrected chi connectivity index (χ0v) is 76.6. The van der Waals surface area contributed by atoms with E-state index in [1.807, 2.05) is 82.1 Å². The van der Waals surface area contributed by atoms with E-state index in [1.54, 1.807) is 0 Å². The molecule has 19 aromatic carbocycles. The quantitative estimate of drug-likeness (QED) is 0.166. The van der Waals surface area contributed by atoms with Gasteiger partial charge in [0.1, 0.15) is 0 Å². The van der Waals surface area contributed by atoms with Gasteiger partial charge in [-0.1, -0.05) is 382 Å². The summed E-state index contributed by atoms with van der Waals surface area (Å²) in [5.41, 5.74) is 39.0. The Labute approximate surface area is 801 Å². The maximum atomic E-state index is 5.21. The van der Waals surface area contributed by atoms with Crippen LogP contribution in [-0.4, -0.2) is 19.9 Å². The molecular weight excluding hydrogens is 1720 g/mol. The number of nitrogens with zero attached hydrogens (tertiary/aromatic N) is 4. The molecule has 0 N–H and O–H groups in total. The molecule has 0 saturated carbocycles. The molecular formula is C128H76N4S4.